The van der Waals surface area contributed by atoms with E-state index in [0.717, 1.165) is 11.1 Å². The molecule has 5 nitrogen and oxygen atoms in total. The highest BCUT2D eigenvalue weighted by Crippen LogP contribution is 2.27. The Morgan fingerprint density at radius 1 is 1.23 bits per heavy atom. The van der Waals surface area contributed by atoms with Gasteiger partial charge in [-0.2, -0.15) is 5.10 Å². The van der Waals surface area contributed by atoms with Crippen LogP contribution in [0.15, 0.2) is 60.2 Å². The lowest BCUT2D eigenvalue weighted by atomic mass is 10.2. The number of hydrazone groups is 1. The first kappa shape index (κ1) is 19.4. The smallest absolute Gasteiger partial charge is 0.187 e. The van der Waals surface area contributed by atoms with E-state index in [1.165, 1.54) is 12.1 Å². The van der Waals surface area contributed by atoms with Crippen molar-refractivity contribution in [2.24, 2.45) is 5.10 Å². The molecule has 26 heavy (non-hydrogen) atoms. The van der Waals surface area contributed by atoms with E-state index in [4.69, 9.17) is 21.7 Å². The van der Waals surface area contributed by atoms with Crippen molar-refractivity contribution in [2.45, 2.75) is 6.54 Å². The maximum Gasteiger partial charge on any atom is 0.187 e. The highest BCUT2D eigenvalue weighted by Gasteiger charge is 2.04. The second-order valence-electron chi connectivity index (χ2n) is 5.19. The second kappa shape index (κ2) is 10.1. The minimum Gasteiger partial charge on any atom is -0.493 e. The van der Waals surface area contributed by atoms with Crippen molar-refractivity contribution < 1.29 is 13.9 Å². The number of nitrogens with zero attached hydrogens (tertiary/aromatic N) is 1. The summed E-state index contributed by atoms with van der Waals surface area (Å²) >= 11 is 5.15. The van der Waals surface area contributed by atoms with Gasteiger partial charge >= 0.3 is 0 Å². The Kier molecular flexibility index (Phi) is 7.57. The van der Waals surface area contributed by atoms with Crippen molar-refractivity contribution in [3.63, 3.8) is 0 Å². The minimum absolute atomic E-state index is 0.268. The molecule has 0 radical (unpaired) electrons. The molecule has 0 aromatic heterocycles. The van der Waals surface area contributed by atoms with Crippen LogP contribution in [0.2, 0.25) is 0 Å². The summed E-state index contributed by atoms with van der Waals surface area (Å²) in [6.45, 7) is 4.49. The molecule has 0 spiro atoms. The van der Waals surface area contributed by atoms with Gasteiger partial charge in [0.2, 0.25) is 0 Å². The van der Waals surface area contributed by atoms with Gasteiger partial charge in [0.25, 0.3) is 0 Å². The molecule has 136 valence electrons. The molecular formula is C19H20FN3O2S. The normalized spacial score (nSPS) is 10.4. The Bertz CT molecular complexity index is 779. The topological polar surface area (TPSA) is 54.9 Å². The Hall–Kier alpha value is -2.93. The standard InChI is InChI=1S/C19H20FN3O2S/c1-3-10-25-17-9-6-15(11-18(17)24-2)13-22-23-19(26)21-12-14-4-7-16(20)8-5-14/h3-9,11,13H,1,10,12H2,2H3,(H2,21,23,26)/b22-13-. The number of halogens is 1. The van der Waals surface area contributed by atoms with Gasteiger partial charge < -0.3 is 14.8 Å². The lowest BCUT2D eigenvalue weighted by Crippen LogP contribution is -2.31. The molecule has 2 rings (SSSR count). The SMILES string of the molecule is C=CCOc1ccc(/C=N\NC(=S)NCc2ccc(F)cc2)cc1OC. The van der Waals surface area contributed by atoms with Crippen molar-refractivity contribution in [1.82, 2.24) is 10.7 Å². The van der Waals surface area contributed by atoms with E-state index in [-0.39, 0.29) is 5.82 Å². The van der Waals surface area contributed by atoms with Crippen LogP contribution in [0.3, 0.4) is 0 Å². The van der Waals surface area contributed by atoms with Crippen molar-refractivity contribution in [2.75, 3.05) is 13.7 Å². The number of methoxy groups -OCH3 is 1. The van der Waals surface area contributed by atoms with Crippen molar-refractivity contribution >= 4 is 23.5 Å². The van der Waals surface area contributed by atoms with Gasteiger partial charge in [-0.05, 0) is 53.7 Å². The van der Waals surface area contributed by atoms with Crippen LogP contribution >= 0.6 is 12.2 Å². The Labute approximate surface area is 157 Å². The number of ether oxygens (including phenoxy) is 2. The van der Waals surface area contributed by atoms with E-state index in [0.29, 0.717) is 29.8 Å². The van der Waals surface area contributed by atoms with E-state index >= 15 is 0 Å². The molecule has 0 aliphatic carbocycles. The summed E-state index contributed by atoms with van der Waals surface area (Å²) in [7, 11) is 1.57. The summed E-state index contributed by atoms with van der Waals surface area (Å²) < 4.78 is 23.7. The highest BCUT2D eigenvalue weighted by molar-refractivity contribution is 7.80. The highest BCUT2D eigenvalue weighted by atomic mass is 32.1. The lowest BCUT2D eigenvalue weighted by Gasteiger charge is -2.10. The van der Waals surface area contributed by atoms with E-state index in [1.807, 2.05) is 6.07 Å². The van der Waals surface area contributed by atoms with Gasteiger partial charge in [0.05, 0.1) is 13.3 Å². The number of hydrogen-bond acceptors (Lipinski definition) is 4. The number of benzene rings is 2. The maximum atomic E-state index is 12.9. The van der Waals surface area contributed by atoms with Crippen LogP contribution in [0.4, 0.5) is 4.39 Å². The third-order valence-electron chi connectivity index (χ3n) is 3.29. The number of nitrogens with one attached hydrogen (secondary N) is 2. The predicted octanol–water partition coefficient (Wildman–Crippen LogP) is 3.40. The number of hydrogen-bond donors (Lipinski definition) is 2. The van der Waals surface area contributed by atoms with Gasteiger partial charge in [-0.25, -0.2) is 4.39 Å². The molecule has 0 aliphatic heterocycles. The molecule has 0 atom stereocenters. The summed E-state index contributed by atoms with van der Waals surface area (Å²) in [4.78, 5) is 0. The maximum absolute atomic E-state index is 12.9. The summed E-state index contributed by atoms with van der Waals surface area (Å²) in [6, 6.07) is 11.6. The molecule has 0 fully saturated rings. The molecule has 0 aliphatic rings. The van der Waals surface area contributed by atoms with Crippen molar-refractivity contribution in [3.05, 3.63) is 72.1 Å². The fourth-order valence-electron chi connectivity index (χ4n) is 2.02. The summed E-state index contributed by atoms with van der Waals surface area (Å²) in [5, 5.41) is 7.44. The zero-order valence-corrected chi connectivity index (χ0v) is 15.2. The van der Waals surface area contributed by atoms with Crippen LogP contribution in [0.1, 0.15) is 11.1 Å². The average Bonchev–Trinajstić information content (AvgIpc) is 2.66. The van der Waals surface area contributed by atoms with Gasteiger partial charge in [-0.15, -0.1) is 0 Å². The van der Waals surface area contributed by atoms with Gasteiger partial charge in [-0.3, -0.25) is 5.43 Å². The molecule has 2 N–H and O–H groups in total. The Balaban J connectivity index is 1.85. The summed E-state index contributed by atoms with van der Waals surface area (Å²) in [6.07, 6.45) is 3.28. The monoisotopic (exact) mass is 373 g/mol. The van der Waals surface area contributed by atoms with Crippen molar-refractivity contribution in [3.8, 4) is 11.5 Å². The Morgan fingerprint density at radius 2 is 2.00 bits per heavy atom. The molecule has 0 unspecified atom stereocenters. The summed E-state index contributed by atoms with van der Waals surface area (Å²) in [5.41, 5.74) is 4.47. The van der Waals surface area contributed by atoms with Gasteiger partial charge in [-0.1, -0.05) is 24.8 Å². The first-order chi connectivity index (χ1) is 12.6. The fraction of sp³-hybridized carbons (Fsp3) is 0.158. The molecule has 0 bridgehead atoms. The van der Waals surface area contributed by atoms with Crippen LogP contribution in [-0.4, -0.2) is 25.0 Å². The fourth-order valence-corrected chi connectivity index (χ4v) is 2.15. The number of thiocarbonyl (C=S) groups is 1. The second-order valence-corrected chi connectivity index (χ2v) is 5.60. The minimum atomic E-state index is -0.268. The predicted molar refractivity (Wildman–Crippen MR) is 105 cm³/mol. The molecule has 2 aromatic carbocycles. The molecule has 0 amide bonds. The van der Waals surface area contributed by atoms with Crippen LogP contribution in [-0.2, 0) is 6.54 Å². The van der Waals surface area contributed by atoms with Gasteiger partial charge in [0.15, 0.2) is 16.6 Å². The summed E-state index contributed by atoms with van der Waals surface area (Å²) in [5.74, 6) is 0.970. The molecular weight excluding hydrogens is 353 g/mol. The van der Waals surface area contributed by atoms with E-state index < -0.39 is 0 Å². The van der Waals surface area contributed by atoms with Gasteiger partial charge in [0.1, 0.15) is 12.4 Å². The zero-order chi connectivity index (χ0) is 18.8. The van der Waals surface area contributed by atoms with E-state index in [2.05, 4.69) is 22.4 Å². The van der Waals surface area contributed by atoms with Gasteiger partial charge in [0, 0.05) is 6.54 Å². The van der Waals surface area contributed by atoms with Crippen molar-refractivity contribution in [1.29, 1.82) is 0 Å². The quantitative estimate of drug-likeness (QED) is 0.321. The average molecular weight is 373 g/mol. The zero-order valence-electron chi connectivity index (χ0n) is 14.4. The van der Waals surface area contributed by atoms with E-state index in [9.17, 15) is 4.39 Å². The first-order valence-corrected chi connectivity index (χ1v) is 8.26. The molecule has 0 saturated carbocycles. The Morgan fingerprint density at radius 3 is 2.69 bits per heavy atom. The van der Waals surface area contributed by atoms with Crippen LogP contribution in [0.5, 0.6) is 11.5 Å². The largest absolute Gasteiger partial charge is 0.493 e. The molecule has 0 saturated heterocycles. The number of rotatable bonds is 8. The lowest BCUT2D eigenvalue weighted by molar-refractivity contribution is 0.326. The van der Waals surface area contributed by atoms with Crippen LogP contribution < -0.4 is 20.2 Å². The molecule has 2 aromatic rings. The third-order valence-corrected chi connectivity index (χ3v) is 3.53. The van der Waals surface area contributed by atoms with Crippen LogP contribution in [0, 0.1) is 5.82 Å². The third kappa shape index (κ3) is 6.18. The molecule has 7 heteroatoms. The molecule has 0 heterocycles. The van der Waals surface area contributed by atoms with E-state index in [1.54, 1.807) is 43.7 Å². The van der Waals surface area contributed by atoms with Crippen LogP contribution in [0.25, 0.3) is 0 Å². The first-order valence-electron chi connectivity index (χ1n) is 7.85.